The lowest BCUT2D eigenvalue weighted by Gasteiger charge is -2.43. The average Bonchev–Trinajstić information content (AvgIpc) is 0.771. The van der Waals surface area contributed by atoms with Crippen LogP contribution in [-0.2, 0) is 113 Å². The Morgan fingerprint density at radius 1 is 0.562 bits per heavy atom. The molecule has 46 nitrogen and oxygen atoms in total. The number of methoxy groups -OCH3 is 2. The number of aromatic nitrogens is 9. The molecule has 7 aromatic rings. The number of ketones is 6. The molecule has 13 rings (SSSR count). The van der Waals surface area contributed by atoms with Crippen molar-refractivity contribution >= 4 is 58.3 Å². The number of fused-ring (bicyclic) bond motifs is 6. The molecule has 4 aliphatic carbocycles. The molecule has 14 N–H and O–H groups in total. The van der Waals surface area contributed by atoms with Gasteiger partial charge < -0.3 is 120 Å². The van der Waals surface area contributed by atoms with E-state index in [0.29, 0.717) is 32.7 Å². The second-order valence-electron chi connectivity index (χ2n) is 36.6. The fourth-order valence-electron chi connectivity index (χ4n) is 17.4. The van der Waals surface area contributed by atoms with E-state index >= 15 is 0 Å². The average molecular weight is 2030 g/mol. The van der Waals surface area contributed by atoms with Crippen molar-refractivity contribution in [1.29, 1.82) is 0 Å². The number of terminal acetylenes is 3. The number of Topliss-reactive ketones (excluding diaryl/α,β-unsaturated/α-hetero) is 2. The number of aromatic hydroxyl groups is 4. The highest BCUT2D eigenvalue weighted by Crippen LogP contribution is 2.55. The molecule has 5 heterocycles. The van der Waals surface area contributed by atoms with Crippen LogP contribution in [0.3, 0.4) is 0 Å². The van der Waals surface area contributed by atoms with E-state index in [2.05, 4.69) is 101 Å². The highest BCUT2D eigenvalue weighted by Gasteiger charge is 2.54. The molecule has 0 spiro atoms. The number of aryl methyl sites for hydroxylation is 3. The van der Waals surface area contributed by atoms with Gasteiger partial charge in [0.05, 0.1) is 147 Å². The van der Waals surface area contributed by atoms with E-state index in [0.717, 1.165) is 36.3 Å². The van der Waals surface area contributed by atoms with Crippen molar-refractivity contribution in [1.82, 2.24) is 66.2 Å². The van der Waals surface area contributed by atoms with Crippen molar-refractivity contribution < 1.29 is 146 Å². The predicted octanol–water partition coefficient (Wildman–Crippen LogP) is 3.48. The molecule has 0 radical (unpaired) electrons. The largest absolute Gasteiger partial charge is 0.507 e. The number of rotatable bonds is 42. The van der Waals surface area contributed by atoms with Crippen LogP contribution in [0.1, 0.15) is 234 Å². The normalized spacial score (nSPS) is 20.9. The summed E-state index contributed by atoms with van der Waals surface area (Å²) in [5.74, 6) is -2.56. The van der Waals surface area contributed by atoms with Gasteiger partial charge in [-0.1, -0.05) is 73.2 Å². The zero-order valence-electron chi connectivity index (χ0n) is 82.2. The first-order valence-electron chi connectivity index (χ1n) is 46.9. The second kappa shape index (κ2) is 53.5. The van der Waals surface area contributed by atoms with Gasteiger partial charge in [0.15, 0.2) is 35.7 Å². The number of hydrogen-bond donors (Lipinski definition) is 14. The molecule has 0 bridgehead atoms. The summed E-state index contributed by atoms with van der Waals surface area (Å²) in [6.45, 7) is 10.6. The van der Waals surface area contributed by atoms with Gasteiger partial charge in [0.25, 0.3) is 0 Å². The zero-order valence-corrected chi connectivity index (χ0v) is 82.2. The number of azide groups is 1. The van der Waals surface area contributed by atoms with Crippen LogP contribution in [0.5, 0.6) is 34.5 Å². The maximum atomic E-state index is 13.9. The maximum Gasteiger partial charge on any atom is 0.220 e. The van der Waals surface area contributed by atoms with E-state index in [1.54, 1.807) is 14.0 Å². The molecule has 146 heavy (non-hydrogen) atoms. The Morgan fingerprint density at radius 2 is 0.952 bits per heavy atom. The van der Waals surface area contributed by atoms with Gasteiger partial charge in [0.2, 0.25) is 35.2 Å². The van der Waals surface area contributed by atoms with Gasteiger partial charge in [-0.05, 0) is 43.3 Å². The molecular formula is C100H128N16O30. The van der Waals surface area contributed by atoms with Gasteiger partial charge in [0.1, 0.15) is 71.1 Å². The van der Waals surface area contributed by atoms with Crippen LogP contribution < -0.4 is 30.7 Å². The topological polar surface area (TPSA) is 654 Å². The lowest BCUT2D eigenvalue weighted by Crippen LogP contribution is -2.56. The van der Waals surface area contributed by atoms with Crippen molar-refractivity contribution in [2.45, 2.75) is 217 Å². The Hall–Kier alpha value is -13.6. The van der Waals surface area contributed by atoms with Gasteiger partial charge in [-0.3, -0.25) is 62.0 Å². The SMILES string of the molecule is C.C#CCC(C#C)CC#C.COc1cccc2c1C(=O)c1c(O)c3c(c(O)c1C2=O)C[C@@](O)(C(=O)CO)C[C@@H]3OC1C[C@H](NC(=O)CCC(=O)NCCOCCOCCC(C)(C)C)[C@H](O)[C@H](C)O1.COc1cccc2c1C(=O)c1c(O)c3c(c(O)c1C2=O)C[C@@](O)(C(=O)CO)C[C@@H]3OC1C[C@H](NC(=O)CCC(=O)NCCOCCOCCN=[N+]=[N-])[C@H](O)[C@H](C)O1.Cn1cc(CC(Cc2cn(C)nn2)c2cn(C)nn2)nn1. The molecule has 12 atom stereocenters. The summed E-state index contributed by atoms with van der Waals surface area (Å²) in [5.41, 5.74) is 2.89. The van der Waals surface area contributed by atoms with Crippen LogP contribution in [0.2, 0.25) is 0 Å². The van der Waals surface area contributed by atoms with Gasteiger partial charge in [-0.2, -0.15) is 0 Å². The number of nitrogens with one attached hydrogen (secondary N) is 4. The van der Waals surface area contributed by atoms with E-state index in [1.165, 1.54) is 64.5 Å². The van der Waals surface area contributed by atoms with Crippen LogP contribution in [0.4, 0.5) is 0 Å². The van der Waals surface area contributed by atoms with Crippen molar-refractivity contribution in [3.63, 3.8) is 0 Å². The van der Waals surface area contributed by atoms with Crippen molar-refractivity contribution in [2.75, 3.05) is 99.9 Å². The number of aliphatic hydroxyl groups excluding tert-OH is 4. The van der Waals surface area contributed by atoms with E-state index in [-0.39, 0.29) is 178 Å². The number of hydrogen-bond acceptors (Lipinski definition) is 37. The first-order chi connectivity index (χ1) is 69.1. The highest BCUT2D eigenvalue weighted by molar-refractivity contribution is 6.32. The highest BCUT2D eigenvalue weighted by atomic mass is 16.7. The minimum absolute atomic E-state index is 0. The number of phenols is 4. The number of ether oxygens (including phenoxy) is 10. The van der Waals surface area contributed by atoms with Crippen LogP contribution >= 0.6 is 0 Å². The molecule has 46 heteroatoms. The molecule has 3 aromatic heterocycles. The molecule has 788 valence electrons. The summed E-state index contributed by atoms with van der Waals surface area (Å²) >= 11 is 0. The first kappa shape index (κ1) is 116. The maximum absolute atomic E-state index is 13.9. The third kappa shape index (κ3) is 29.4. The van der Waals surface area contributed by atoms with E-state index in [9.17, 15) is 99.0 Å². The molecule has 4 aromatic carbocycles. The first-order valence-corrected chi connectivity index (χ1v) is 46.9. The molecular weight excluding hydrogens is 1910 g/mol. The Bertz CT molecular complexity index is 5950. The molecule has 0 saturated carbocycles. The summed E-state index contributed by atoms with van der Waals surface area (Å²) in [6, 6.07) is 6.63. The van der Waals surface area contributed by atoms with Crippen molar-refractivity contribution in [3.05, 3.63) is 149 Å². The third-order valence-corrected chi connectivity index (χ3v) is 24.9. The van der Waals surface area contributed by atoms with Crippen molar-refractivity contribution in [3.8, 4) is 71.5 Å². The number of aliphatic hydroxyl groups is 6. The molecule has 4 amide bonds. The Morgan fingerprint density at radius 3 is 1.32 bits per heavy atom. The fraction of sp³-hybridized carbons (Fsp3) is 0.540. The fourth-order valence-corrected chi connectivity index (χ4v) is 17.4. The Kier molecular flexibility index (Phi) is 42.5. The minimum Gasteiger partial charge on any atom is -0.507 e. The second-order valence-corrected chi connectivity index (χ2v) is 36.6. The summed E-state index contributed by atoms with van der Waals surface area (Å²) in [5, 5.41) is 149. The Labute approximate surface area is 842 Å². The molecule has 2 fully saturated rings. The summed E-state index contributed by atoms with van der Waals surface area (Å²) in [4.78, 5) is 134. The standard InChI is InChI=1S/C41H54N2O15.C37H45N5O15.C12H17N9.C9H8.CH4/c1-21-35(48)24(43-29(47)10-9-28(46)42-12-14-56-16-15-55-13-11-40(2,3)4)17-30(57-21)58-26-19-41(53,27(45)20-44)18-23-32(26)39(52)34-33(37(23)50)36(49)22-7-6-8-25(54-5)31(22)38(34)51;1-18-32(47)21(41-26(46)7-6-25(45)39-8-10-54-12-13-55-11-9-40-42-38)14-27(56-18)57-23-16-37(52,24(44)17-43)15-20-29(23)36(51)31-30(34(20)49)33(48)19-4-3-5-22(53-2)28(19)35(31)50;1-19-6-10(13-16-19)4-9(12-8-21(3)18-15-12)5-11-7-20(2)17-14-11;1-4-7-9(6-3)8-5-2;/h6-8,21,24,26,30,35,44,48,50,52-53H,9-20H2,1-5H3,(H,42,46)(H,43,47);3-5,18,21,23,27,32,43,47,49,51-52H,6-17H2,1-2H3,(H,39,45)(H,41,46);6-9H,4-5H2,1-3H3;1-3,9H,7-8H2;1H4/t21-,24-,26-,30?,35+,41-;18-,21-,23-,27?,32+,37-;;;/m00.../s1. The molecule has 2 unspecified atom stereocenters. The number of carbonyl (C=O) groups is 10. The van der Waals surface area contributed by atoms with Gasteiger partial charge in [-0.15, -0.1) is 52.3 Å². The van der Waals surface area contributed by atoms with E-state index in [4.69, 9.17) is 72.2 Å². The smallest absolute Gasteiger partial charge is 0.220 e. The lowest BCUT2D eigenvalue weighted by molar-refractivity contribution is -0.249. The number of phenolic OH excluding ortho intramolecular Hbond substituents is 4. The zero-order chi connectivity index (χ0) is 106. The molecule has 6 aliphatic rings. The number of amides is 4. The van der Waals surface area contributed by atoms with Gasteiger partial charge in [-0.25, -0.2) is 0 Å². The third-order valence-electron chi connectivity index (χ3n) is 24.9. The van der Waals surface area contributed by atoms with E-state index in [1.807, 2.05) is 39.7 Å². The monoisotopic (exact) mass is 2030 g/mol. The van der Waals surface area contributed by atoms with Crippen LogP contribution in [-0.4, -0.2) is 315 Å². The molecule has 2 aliphatic heterocycles. The quantitative estimate of drug-likeness (QED) is 0.00650. The van der Waals surface area contributed by atoms with Crippen molar-refractivity contribution in [2.24, 2.45) is 37.6 Å². The number of benzene rings is 4. The number of nitrogens with zero attached hydrogens (tertiary/aromatic N) is 12. The predicted molar refractivity (Wildman–Crippen MR) is 516 cm³/mol. The van der Waals surface area contributed by atoms with Crippen LogP contribution in [0.25, 0.3) is 10.4 Å². The number of carbonyl (C=O) groups excluding carboxylic acids is 10. The summed E-state index contributed by atoms with van der Waals surface area (Å²) in [6.07, 6.45) is 11.0. The summed E-state index contributed by atoms with van der Waals surface area (Å²) in [7, 11) is 8.17. The lowest BCUT2D eigenvalue weighted by atomic mass is 9.72. The van der Waals surface area contributed by atoms with Gasteiger partial charge >= 0.3 is 0 Å². The summed E-state index contributed by atoms with van der Waals surface area (Å²) < 4.78 is 61.5. The molecule has 2 saturated heterocycles. The Balaban J connectivity index is 0.000000251. The van der Waals surface area contributed by atoms with E-state index < -0.39 is 209 Å². The van der Waals surface area contributed by atoms with Crippen LogP contribution in [0, 0.1) is 48.4 Å². The van der Waals surface area contributed by atoms with Crippen LogP contribution in [0.15, 0.2) is 60.1 Å². The minimum atomic E-state index is -2.36. The van der Waals surface area contributed by atoms with Gasteiger partial charge in [0, 0.05) is 206 Å².